The first-order chi connectivity index (χ1) is 7.70. The van der Waals surface area contributed by atoms with Crippen molar-refractivity contribution in [2.24, 2.45) is 5.92 Å². The summed E-state index contributed by atoms with van der Waals surface area (Å²) < 4.78 is 6.75. The van der Waals surface area contributed by atoms with Crippen molar-refractivity contribution in [2.75, 3.05) is 7.11 Å². The van der Waals surface area contributed by atoms with E-state index in [9.17, 15) is 4.79 Å². The van der Waals surface area contributed by atoms with Gasteiger partial charge in [0, 0.05) is 12.0 Å². The zero-order chi connectivity index (χ0) is 11.3. The third-order valence-corrected chi connectivity index (χ3v) is 4.10. The molecule has 1 aromatic rings. The van der Waals surface area contributed by atoms with Crippen LogP contribution in [0.25, 0.3) is 0 Å². The van der Waals surface area contributed by atoms with Crippen LogP contribution in [0.5, 0.6) is 0 Å². The summed E-state index contributed by atoms with van der Waals surface area (Å²) in [5, 5.41) is 0. The van der Waals surface area contributed by atoms with E-state index in [4.69, 9.17) is 4.74 Å². The van der Waals surface area contributed by atoms with Crippen LogP contribution in [0.1, 0.15) is 42.4 Å². The SMILES string of the molecule is CCn1cnc(C23CC(C2)C3)c1C(=O)OC. The number of rotatable bonds is 3. The van der Waals surface area contributed by atoms with Crippen molar-refractivity contribution in [1.29, 1.82) is 0 Å². The van der Waals surface area contributed by atoms with E-state index >= 15 is 0 Å². The molecule has 3 aliphatic rings. The minimum Gasteiger partial charge on any atom is -0.464 e. The van der Waals surface area contributed by atoms with E-state index in [0.29, 0.717) is 5.69 Å². The molecule has 0 N–H and O–H groups in total. The molecule has 4 nitrogen and oxygen atoms in total. The van der Waals surface area contributed by atoms with Crippen molar-refractivity contribution < 1.29 is 9.53 Å². The molecule has 0 radical (unpaired) electrons. The predicted molar refractivity (Wildman–Crippen MR) is 58.3 cm³/mol. The van der Waals surface area contributed by atoms with Crippen LogP contribution in [0.2, 0.25) is 0 Å². The Bertz CT molecular complexity index is 433. The van der Waals surface area contributed by atoms with Gasteiger partial charge in [-0.05, 0) is 32.1 Å². The van der Waals surface area contributed by atoms with Gasteiger partial charge >= 0.3 is 5.97 Å². The number of carbonyl (C=O) groups excluding carboxylic acids is 1. The van der Waals surface area contributed by atoms with E-state index in [1.165, 1.54) is 26.4 Å². The van der Waals surface area contributed by atoms with Crippen LogP contribution in [-0.2, 0) is 16.7 Å². The number of carbonyl (C=O) groups is 1. The Hall–Kier alpha value is -1.32. The molecule has 0 atom stereocenters. The maximum atomic E-state index is 11.8. The zero-order valence-electron chi connectivity index (χ0n) is 9.69. The first-order valence-corrected chi connectivity index (χ1v) is 5.84. The van der Waals surface area contributed by atoms with Gasteiger partial charge in [-0.3, -0.25) is 0 Å². The minimum atomic E-state index is -0.251. The Morgan fingerprint density at radius 3 is 2.75 bits per heavy atom. The predicted octanol–water partition coefficient (Wildman–Crippen LogP) is 1.74. The van der Waals surface area contributed by atoms with E-state index in [2.05, 4.69) is 4.98 Å². The van der Waals surface area contributed by atoms with Crippen LogP contribution in [0.4, 0.5) is 0 Å². The molecule has 16 heavy (non-hydrogen) atoms. The fraction of sp³-hybridized carbons (Fsp3) is 0.667. The second-order valence-corrected chi connectivity index (χ2v) is 4.98. The van der Waals surface area contributed by atoms with E-state index in [0.717, 1.165) is 18.2 Å². The van der Waals surface area contributed by atoms with Crippen molar-refractivity contribution in [3.63, 3.8) is 0 Å². The Kier molecular flexibility index (Phi) is 1.91. The number of nitrogens with zero attached hydrogens (tertiary/aromatic N) is 2. The first-order valence-electron chi connectivity index (χ1n) is 5.84. The van der Waals surface area contributed by atoms with Gasteiger partial charge in [0.1, 0.15) is 0 Å². The van der Waals surface area contributed by atoms with E-state index in [1.807, 2.05) is 11.5 Å². The highest BCUT2D eigenvalue weighted by Crippen LogP contribution is 2.65. The Balaban J connectivity index is 2.04. The van der Waals surface area contributed by atoms with Gasteiger partial charge in [0.15, 0.2) is 5.69 Å². The first kappa shape index (κ1) is 9.87. The molecule has 0 aromatic carbocycles. The van der Waals surface area contributed by atoms with Crippen LogP contribution >= 0.6 is 0 Å². The maximum absolute atomic E-state index is 11.8. The van der Waals surface area contributed by atoms with Crippen LogP contribution in [0.15, 0.2) is 6.33 Å². The lowest BCUT2D eigenvalue weighted by Gasteiger charge is -2.61. The zero-order valence-corrected chi connectivity index (χ0v) is 9.69. The summed E-state index contributed by atoms with van der Waals surface area (Å²) >= 11 is 0. The van der Waals surface area contributed by atoms with Crippen LogP contribution in [0, 0.1) is 5.92 Å². The molecule has 0 amide bonds. The van der Waals surface area contributed by atoms with Crippen molar-refractivity contribution in [1.82, 2.24) is 9.55 Å². The molecule has 2 bridgehead atoms. The van der Waals surface area contributed by atoms with Gasteiger partial charge in [-0.2, -0.15) is 0 Å². The minimum absolute atomic E-state index is 0.217. The molecule has 3 aliphatic carbocycles. The molecule has 86 valence electrons. The average molecular weight is 220 g/mol. The van der Waals surface area contributed by atoms with E-state index in [1.54, 1.807) is 6.33 Å². The molecule has 3 saturated carbocycles. The molecule has 0 saturated heterocycles. The lowest BCUT2D eigenvalue weighted by molar-refractivity contribution is -0.0316. The van der Waals surface area contributed by atoms with Crippen LogP contribution in [-0.4, -0.2) is 22.6 Å². The van der Waals surface area contributed by atoms with Crippen molar-refractivity contribution >= 4 is 5.97 Å². The largest absolute Gasteiger partial charge is 0.464 e. The molecule has 4 heteroatoms. The number of hydrogen-bond donors (Lipinski definition) is 0. The summed E-state index contributed by atoms with van der Waals surface area (Å²) in [5.74, 6) is 0.636. The summed E-state index contributed by atoms with van der Waals surface area (Å²) in [4.78, 5) is 16.2. The highest BCUT2D eigenvalue weighted by Gasteiger charge is 2.60. The number of methoxy groups -OCH3 is 1. The normalized spacial score (nSPS) is 30.5. The second-order valence-electron chi connectivity index (χ2n) is 4.98. The fourth-order valence-corrected chi connectivity index (χ4v) is 3.09. The van der Waals surface area contributed by atoms with Crippen molar-refractivity contribution in [3.05, 3.63) is 17.7 Å². The van der Waals surface area contributed by atoms with E-state index < -0.39 is 0 Å². The highest BCUT2D eigenvalue weighted by atomic mass is 16.5. The topological polar surface area (TPSA) is 44.1 Å². The Morgan fingerprint density at radius 2 is 2.31 bits per heavy atom. The van der Waals surface area contributed by atoms with E-state index in [-0.39, 0.29) is 11.4 Å². The molecule has 0 spiro atoms. The summed E-state index contributed by atoms with van der Waals surface area (Å²) in [6.07, 6.45) is 5.38. The third-order valence-electron chi connectivity index (χ3n) is 4.10. The van der Waals surface area contributed by atoms with Crippen molar-refractivity contribution in [2.45, 2.75) is 38.1 Å². The highest BCUT2D eigenvalue weighted by molar-refractivity contribution is 5.89. The van der Waals surface area contributed by atoms with Gasteiger partial charge in [-0.1, -0.05) is 0 Å². The van der Waals surface area contributed by atoms with Crippen molar-refractivity contribution in [3.8, 4) is 0 Å². The number of esters is 1. The molecular weight excluding hydrogens is 204 g/mol. The molecule has 1 aromatic heterocycles. The van der Waals surface area contributed by atoms with Gasteiger partial charge in [-0.15, -0.1) is 0 Å². The summed E-state index contributed by atoms with van der Waals surface area (Å²) in [5.41, 5.74) is 1.86. The summed E-state index contributed by atoms with van der Waals surface area (Å²) in [6.45, 7) is 2.77. The Morgan fingerprint density at radius 1 is 1.62 bits per heavy atom. The molecule has 3 fully saturated rings. The van der Waals surface area contributed by atoms with Gasteiger partial charge < -0.3 is 9.30 Å². The summed E-state index contributed by atoms with van der Waals surface area (Å²) in [7, 11) is 1.43. The third kappa shape index (κ3) is 1.05. The van der Waals surface area contributed by atoms with Gasteiger partial charge in [0.2, 0.25) is 0 Å². The van der Waals surface area contributed by atoms with Crippen LogP contribution in [0.3, 0.4) is 0 Å². The summed E-state index contributed by atoms with van der Waals surface area (Å²) in [6, 6.07) is 0. The number of aromatic nitrogens is 2. The van der Waals surface area contributed by atoms with Crippen LogP contribution < -0.4 is 0 Å². The quantitative estimate of drug-likeness (QED) is 0.729. The molecule has 0 aliphatic heterocycles. The number of imidazole rings is 1. The maximum Gasteiger partial charge on any atom is 0.356 e. The molecule has 4 rings (SSSR count). The molecule has 0 unspecified atom stereocenters. The second kappa shape index (κ2) is 3.09. The smallest absolute Gasteiger partial charge is 0.356 e. The van der Waals surface area contributed by atoms with Gasteiger partial charge in [0.05, 0.1) is 19.1 Å². The average Bonchev–Trinajstić information content (AvgIpc) is 2.56. The number of ether oxygens (including phenoxy) is 1. The van der Waals surface area contributed by atoms with Gasteiger partial charge in [-0.25, -0.2) is 9.78 Å². The fourth-order valence-electron chi connectivity index (χ4n) is 3.09. The number of aryl methyl sites for hydroxylation is 1. The Labute approximate surface area is 94.6 Å². The molecular formula is C12H16N2O2. The number of hydrogen-bond acceptors (Lipinski definition) is 3. The standard InChI is InChI=1S/C12H16N2O2/c1-3-14-7-13-10(9(14)11(15)16-2)12-4-8(5-12)6-12/h7-8H,3-6H2,1-2H3. The lowest BCUT2D eigenvalue weighted by atomic mass is 9.43. The molecule has 1 heterocycles. The lowest BCUT2D eigenvalue weighted by Crippen LogP contribution is -2.56. The monoisotopic (exact) mass is 220 g/mol. The van der Waals surface area contributed by atoms with Gasteiger partial charge in [0.25, 0.3) is 0 Å².